The van der Waals surface area contributed by atoms with Crippen LogP contribution >= 0.6 is 0 Å². The lowest BCUT2D eigenvalue weighted by Crippen LogP contribution is -2.14. The van der Waals surface area contributed by atoms with Crippen molar-refractivity contribution in [3.05, 3.63) is 29.3 Å². The molecule has 2 nitrogen and oxygen atoms in total. The average molecular weight is 250 g/mol. The minimum absolute atomic E-state index is 0.0906. The zero-order valence-electron chi connectivity index (χ0n) is 12.3. The molecule has 1 aromatic rings. The first-order valence-corrected chi connectivity index (χ1v) is 6.72. The second kappa shape index (κ2) is 6.24. The molecule has 0 amide bonds. The molecule has 0 fully saturated rings. The first kappa shape index (κ1) is 15.0. The summed E-state index contributed by atoms with van der Waals surface area (Å²) < 4.78 is 5.88. The Bertz CT molecular complexity index is 375. The van der Waals surface area contributed by atoms with Crippen LogP contribution in [0.1, 0.15) is 51.7 Å². The summed E-state index contributed by atoms with van der Waals surface area (Å²) in [5.74, 6) is 0.980. The first-order chi connectivity index (χ1) is 8.30. The van der Waals surface area contributed by atoms with Crippen LogP contribution in [-0.2, 0) is 5.41 Å². The van der Waals surface area contributed by atoms with Gasteiger partial charge in [-0.2, -0.15) is 0 Å². The minimum atomic E-state index is -0.242. The van der Waals surface area contributed by atoms with E-state index in [0.29, 0.717) is 6.61 Å². The third-order valence-corrected chi connectivity index (χ3v) is 2.97. The maximum Gasteiger partial charge on any atom is 0.123 e. The molecule has 1 N–H and O–H groups in total. The van der Waals surface area contributed by atoms with Gasteiger partial charge in [-0.05, 0) is 49.3 Å². The van der Waals surface area contributed by atoms with Crippen molar-refractivity contribution < 1.29 is 9.84 Å². The number of hydrogen-bond acceptors (Lipinski definition) is 2. The van der Waals surface area contributed by atoms with E-state index in [-0.39, 0.29) is 11.5 Å². The molecule has 0 saturated heterocycles. The summed E-state index contributed by atoms with van der Waals surface area (Å²) in [6.07, 6.45) is 1.43. The highest BCUT2D eigenvalue weighted by atomic mass is 16.5. The van der Waals surface area contributed by atoms with E-state index in [4.69, 9.17) is 4.74 Å². The molecule has 18 heavy (non-hydrogen) atoms. The molecule has 1 unspecified atom stereocenters. The zero-order valence-corrected chi connectivity index (χ0v) is 12.3. The highest BCUT2D eigenvalue weighted by Crippen LogP contribution is 2.32. The predicted octanol–water partition coefficient (Wildman–Crippen LogP) is 3.83. The fraction of sp³-hybridized carbons (Fsp3) is 0.625. The lowest BCUT2D eigenvalue weighted by molar-refractivity contribution is 0.170. The van der Waals surface area contributed by atoms with Crippen LogP contribution in [0, 0.1) is 6.92 Å². The maximum absolute atomic E-state index is 9.22. The molecule has 1 aromatic carbocycles. The average Bonchev–Trinajstić information content (AvgIpc) is 2.22. The largest absolute Gasteiger partial charge is 0.493 e. The van der Waals surface area contributed by atoms with E-state index in [1.807, 2.05) is 6.92 Å². The summed E-state index contributed by atoms with van der Waals surface area (Å²) in [6.45, 7) is 11.1. The quantitative estimate of drug-likeness (QED) is 0.805. The van der Waals surface area contributed by atoms with Gasteiger partial charge in [-0.3, -0.25) is 0 Å². The lowest BCUT2D eigenvalue weighted by atomic mass is 9.86. The molecule has 1 atom stereocenters. The Labute approximate surface area is 111 Å². The monoisotopic (exact) mass is 250 g/mol. The minimum Gasteiger partial charge on any atom is -0.493 e. The molecule has 0 aliphatic rings. The van der Waals surface area contributed by atoms with Gasteiger partial charge in [-0.1, -0.05) is 32.9 Å². The number of aliphatic hydroxyl groups is 1. The summed E-state index contributed by atoms with van der Waals surface area (Å²) in [7, 11) is 0. The van der Waals surface area contributed by atoms with E-state index in [1.165, 1.54) is 11.1 Å². The SMILES string of the molecule is Cc1ccc(C(C)(C)C)c(OCCCC(C)O)c1. The van der Waals surface area contributed by atoms with E-state index >= 15 is 0 Å². The Morgan fingerprint density at radius 3 is 2.50 bits per heavy atom. The van der Waals surface area contributed by atoms with Crippen LogP contribution in [0.5, 0.6) is 5.75 Å². The van der Waals surface area contributed by atoms with Crippen molar-refractivity contribution in [2.45, 2.75) is 59.0 Å². The van der Waals surface area contributed by atoms with Crippen molar-refractivity contribution in [3.63, 3.8) is 0 Å². The number of aryl methyl sites for hydroxylation is 1. The van der Waals surface area contributed by atoms with Gasteiger partial charge in [0, 0.05) is 0 Å². The van der Waals surface area contributed by atoms with Gasteiger partial charge in [0.1, 0.15) is 5.75 Å². The Morgan fingerprint density at radius 2 is 1.94 bits per heavy atom. The van der Waals surface area contributed by atoms with Crippen molar-refractivity contribution in [3.8, 4) is 5.75 Å². The molecule has 102 valence electrons. The Balaban J connectivity index is 2.71. The molecule has 2 heteroatoms. The lowest BCUT2D eigenvalue weighted by Gasteiger charge is -2.23. The topological polar surface area (TPSA) is 29.5 Å². The normalized spacial score (nSPS) is 13.4. The molecule has 0 aromatic heterocycles. The standard InChI is InChI=1S/C16H26O2/c1-12-8-9-14(16(3,4)5)15(11-12)18-10-6-7-13(2)17/h8-9,11,13,17H,6-7,10H2,1-5H3. The Kier molecular flexibility index (Phi) is 5.21. The number of ether oxygens (including phenoxy) is 1. The van der Waals surface area contributed by atoms with E-state index in [9.17, 15) is 5.11 Å². The Morgan fingerprint density at radius 1 is 1.28 bits per heavy atom. The van der Waals surface area contributed by atoms with Crippen LogP contribution in [0.3, 0.4) is 0 Å². The van der Waals surface area contributed by atoms with Crippen molar-refractivity contribution >= 4 is 0 Å². The number of aliphatic hydroxyl groups excluding tert-OH is 1. The number of hydrogen-bond donors (Lipinski definition) is 1. The van der Waals surface area contributed by atoms with E-state index in [2.05, 4.69) is 45.9 Å². The second-order valence-electron chi connectivity index (χ2n) is 6.09. The predicted molar refractivity (Wildman–Crippen MR) is 76.3 cm³/mol. The van der Waals surface area contributed by atoms with Gasteiger partial charge in [0.15, 0.2) is 0 Å². The summed E-state index contributed by atoms with van der Waals surface area (Å²) >= 11 is 0. The summed E-state index contributed by atoms with van der Waals surface area (Å²) in [4.78, 5) is 0. The van der Waals surface area contributed by atoms with Crippen molar-refractivity contribution in [1.29, 1.82) is 0 Å². The van der Waals surface area contributed by atoms with E-state index in [0.717, 1.165) is 18.6 Å². The van der Waals surface area contributed by atoms with Gasteiger partial charge in [-0.15, -0.1) is 0 Å². The molecule has 0 radical (unpaired) electrons. The van der Waals surface area contributed by atoms with Gasteiger partial charge in [0.2, 0.25) is 0 Å². The molecular formula is C16H26O2. The van der Waals surface area contributed by atoms with Crippen LogP contribution in [0.2, 0.25) is 0 Å². The van der Waals surface area contributed by atoms with Gasteiger partial charge in [-0.25, -0.2) is 0 Å². The second-order valence-corrected chi connectivity index (χ2v) is 6.09. The van der Waals surface area contributed by atoms with Crippen molar-refractivity contribution in [1.82, 2.24) is 0 Å². The molecule has 0 spiro atoms. The fourth-order valence-corrected chi connectivity index (χ4v) is 1.93. The third-order valence-electron chi connectivity index (χ3n) is 2.97. The highest BCUT2D eigenvalue weighted by molar-refractivity contribution is 5.41. The molecule has 0 aliphatic heterocycles. The van der Waals surface area contributed by atoms with Crippen molar-refractivity contribution in [2.24, 2.45) is 0 Å². The van der Waals surface area contributed by atoms with Gasteiger partial charge < -0.3 is 9.84 Å². The molecule has 0 bridgehead atoms. The summed E-state index contributed by atoms with van der Waals surface area (Å²) in [5, 5.41) is 9.22. The molecular weight excluding hydrogens is 224 g/mol. The van der Waals surface area contributed by atoms with Crippen molar-refractivity contribution in [2.75, 3.05) is 6.61 Å². The number of rotatable bonds is 5. The fourth-order valence-electron chi connectivity index (χ4n) is 1.93. The molecule has 0 heterocycles. The smallest absolute Gasteiger partial charge is 0.123 e. The molecule has 0 aliphatic carbocycles. The van der Waals surface area contributed by atoms with Crippen LogP contribution in [0.4, 0.5) is 0 Å². The van der Waals surface area contributed by atoms with E-state index < -0.39 is 0 Å². The third kappa shape index (κ3) is 4.69. The van der Waals surface area contributed by atoms with Crippen LogP contribution < -0.4 is 4.74 Å². The summed E-state index contributed by atoms with van der Waals surface area (Å²) in [6, 6.07) is 6.38. The Hall–Kier alpha value is -1.02. The molecule has 1 rings (SSSR count). The summed E-state index contributed by atoms with van der Waals surface area (Å²) in [5.41, 5.74) is 2.55. The zero-order chi connectivity index (χ0) is 13.8. The van der Waals surface area contributed by atoms with E-state index in [1.54, 1.807) is 0 Å². The maximum atomic E-state index is 9.22. The van der Waals surface area contributed by atoms with Crippen LogP contribution in [0.25, 0.3) is 0 Å². The van der Waals surface area contributed by atoms with Gasteiger partial charge in [0.25, 0.3) is 0 Å². The van der Waals surface area contributed by atoms with Gasteiger partial charge in [0.05, 0.1) is 12.7 Å². The van der Waals surface area contributed by atoms with Crippen LogP contribution in [0.15, 0.2) is 18.2 Å². The first-order valence-electron chi connectivity index (χ1n) is 6.72. The van der Waals surface area contributed by atoms with Crippen LogP contribution in [-0.4, -0.2) is 17.8 Å². The molecule has 0 saturated carbocycles. The highest BCUT2D eigenvalue weighted by Gasteiger charge is 2.18. The number of benzene rings is 1. The van der Waals surface area contributed by atoms with Gasteiger partial charge >= 0.3 is 0 Å².